The van der Waals surface area contributed by atoms with Crippen LogP contribution in [0.15, 0.2) is 30.3 Å². The molecule has 1 heterocycles. The normalized spacial score (nSPS) is 20.6. The van der Waals surface area contributed by atoms with E-state index in [4.69, 9.17) is 4.74 Å². The topological polar surface area (TPSA) is 38.3 Å². The summed E-state index contributed by atoms with van der Waals surface area (Å²) in [7, 11) is -1.71. The van der Waals surface area contributed by atoms with Crippen molar-refractivity contribution in [1.29, 1.82) is 0 Å². The zero-order valence-electron chi connectivity index (χ0n) is 12.7. The van der Waals surface area contributed by atoms with Crippen molar-refractivity contribution in [3.05, 3.63) is 30.3 Å². The van der Waals surface area contributed by atoms with Gasteiger partial charge in [-0.05, 0) is 19.3 Å². The van der Waals surface area contributed by atoms with Crippen LogP contribution in [0.5, 0.6) is 0 Å². The first-order chi connectivity index (χ1) is 9.55. The van der Waals surface area contributed by atoms with Crippen LogP contribution in [-0.4, -0.2) is 32.4 Å². The first-order valence-corrected chi connectivity index (χ1v) is 10.6. The van der Waals surface area contributed by atoms with Gasteiger partial charge in [0, 0.05) is 12.3 Å². The highest BCUT2D eigenvalue weighted by atomic mass is 28.3. The molecule has 110 valence electrons. The maximum atomic E-state index is 12.3. The van der Waals surface area contributed by atoms with Gasteiger partial charge in [0.05, 0.1) is 0 Å². The van der Waals surface area contributed by atoms with Gasteiger partial charge in [-0.2, -0.15) is 0 Å². The van der Waals surface area contributed by atoms with Gasteiger partial charge >= 0.3 is 0 Å². The second-order valence-electron chi connectivity index (χ2n) is 6.06. The number of benzene rings is 1. The third-order valence-corrected chi connectivity index (χ3v) is 8.45. The van der Waals surface area contributed by atoms with Crippen molar-refractivity contribution in [3.63, 3.8) is 0 Å². The van der Waals surface area contributed by atoms with E-state index in [0.29, 0.717) is 6.61 Å². The number of amides is 1. The second-order valence-corrected chi connectivity index (χ2v) is 10.8. The molecule has 1 aliphatic heterocycles. The van der Waals surface area contributed by atoms with Crippen molar-refractivity contribution in [3.8, 4) is 0 Å². The van der Waals surface area contributed by atoms with Crippen molar-refractivity contribution in [2.24, 2.45) is 0 Å². The highest BCUT2D eigenvalue weighted by Gasteiger charge is 2.35. The Morgan fingerprint density at radius 1 is 1.40 bits per heavy atom. The van der Waals surface area contributed by atoms with E-state index in [1.165, 1.54) is 5.19 Å². The molecule has 2 unspecified atom stereocenters. The number of nitrogens with one attached hydrogen (secondary N) is 1. The summed E-state index contributed by atoms with van der Waals surface area (Å²) in [6.07, 6.45) is 2.58. The van der Waals surface area contributed by atoms with Crippen molar-refractivity contribution >= 4 is 19.2 Å². The van der Waals surface area contributed by atoms with Crippen LogP contribution in [-0.2, 0) is 9.53 Å². The molecule has 3 nitrogen and oxygen atoms in total. The van der Waals surface area contributed by atoms with Gasteiger partial charge in [0.15, 0.2) is 0 Å². The third-order valence-electron chi connectivity index (χ3n) is 4.34. The zero-order valence-corrected chi connectivity index (χ0v) is 13.7. The lowest BCUT2D eigenvalue weighted by atomic mass is 10.2. The van der Waals surface area contributed by atoms with Crippen LogP contribution in [0.1, 0.15) is 26.2 Å². The van der Waals surface area contributed by atoms with Gasteiger partial charge in [0.2, 0.25) is 5.91 Å². The van der Waals surface area contributed by atoms with E-state index in [0.717, 1.165) is 19.3 Å². The van der Waals surface area contributed by atoms with Gasteiger partial charge in [0.25, 0.3) is 0 Å². The minimum atomic E-state index is -1.71. The molecule has 20 heavy (non-hydrogen) atoms. The summed E-state index contributed by atoms with van der Waals surface area (Å²) >= 11 is 0. The van der Waals surface area contributed by atoms with Gasteiger partial charge < -0.3 is 10.1 Å². The van der Waals surface area contributed by atoms with Crippen molar-refractivity contribution < 1.29 is 9.53 Å². The molecule has 0 aromatic heterocycles. The highest BCUT2D eigenvalue weighted by molar-refractivity contribution is 6.91. The van der Waals surface area contributed by atoms with Gasteiger partial charge in [-0.1, -0.05) is 55.5 Å². The lowest BCUT2D eigenvalue weighted by Gasteiger charge is -2.33. The number of hydrogen-bond donors (Lipinski definition) is 1. The predicted molar refractivity (Wildman–Crippen MR) is 84.8 cm³/mol. The first-order valence-electron chi connectivity index (χ1n) is 7.53. The number of ether oxygens (including phenoxy) is 1. The number of carbonyl (C=O) groups excluding carboxylic acids is 1. The molecule has 1 amide bonds. The zero-order chi connectivity index (χ0) is 14.6. The van der Waals surface area contributed by atoms with Gasteiger partial charge in [-0.25, -0.2) is 0 Å². The monoisotopic (exact) mass is 291 g/mol. The minimum absolute atomic E-state index is 0.0749. The van der Waals surface area contributed by atoms with Gasteiger partial charge in [0.1, 0.15) is 14.2 Å². The van der Waals surface area contributed by atoms with E-state index in [9.17, 15) is 4.79 Å². The van der Waals surface area contributed by atoms with Gasteiger partial charge in [-0.15, -0.1) is 0 Å². The van der Waals surface area contributed by atoms with Crippen LogP contribution in [0, 0.1) is 0 Å². The molecular formula is C16H25NO2Si. The molecule has 0 spiro atoms. The number of rotatable bonds is 5. The molecular weight excluding hydrogens is 266 g/mol. The molecule has 1 fully saturated rings. The Balaban J connectivity index is 2.08. The average molecular weight is 291 g/mol. The smallest absolute Gasteiger partial charge is 0.249 e. The van der Waals surface area contributed by atoms with Crippen molar-refractivity contribution in [2.45, 2.75) is 51.0 Å². The second kappa shape index (κ2) is 6.55. The SMILES string of the molecule is CCC(NC(=O)C1CCCO1)[Si](C)(C)c1ccccc1. The quantitative estimate of drug-likeness (QED) is 0.845. The van der Waals surface area contributed by atoms with Crippen LogP contribution in [0.2, 0.25) is 13.1 Å². The Labute approximate surface area is 122 Å². The summed E-state index contributed by atoms with van der Waals surface area (Å²) in [5.41, 5.74) is 0.251. The lowest BCUT2D eigenvalue weighted by molar-refractivity contribution is -0.130. The third kappa shape index (κ3) is 3.30. The van der Waals surface area contributed by atoms with Crippen LogP contribution in [0.4, 0.5) is 0 Å². The van der Waals surface area contributed by atoms with E-state index in [-0.39, 0.29) is 17.7 Å². The first kappa shape index (κ1) is 15.3. The molecule has 2 atom stereocenters. The predicted octanol–water partition coefficient (Wildman–Crippen LogP) is 2.21. The Kier molecular flexibility index (Phi) is 4.99. The molecule has 1 aliphatic rings. The van der Waals surface area contributed by atoms with E-state index in [1.54, 1.807) is 0 Å². The molecule has 0 aliphatic carbocycles. The molecule has 0 bridgehead atoms. The number of carbonyl (C=O) groups is 1. The maximum Gasteiger partial charge on any atom is 0.249 e. The Morgan fingerprint density at radius 3 is 2.65 bits per heavy atom. The summed E-state index contributed by atoms with van der Waals surface area (Å²) in [6, 6.07) is 10.6. The van der Waals surface area contributed by atoms with E-state index in [2.05, 4.69) is 49.6 Å². The summed E-state index contributed by atoms with van der Waals surface area (Å²) in [5.74, 6) is 0.0749. The summed E-state index contributed by atoms with van der Waals surface area (Å²) in [6.45, 7) is 7.52. The highest BCUT2D eigenvalue weighted by Crippen LogP contribution is 2.16. The minimum Gasteiger partial charge on any atom is -0.368 e. The van der Waals surface area contributed by atoms with Crippen LogP contribution in [0.25, 0.3) is 0 Å². The fraction of sp³-hybridized carbons (Fsp3) is 0.562. The maximum absolute atomic E-state index is 12.3. The molecule has 1 N–H and O–H groups in total. The van der Waals surface area contributed by atoms with Crippen molar-refractivity contribution in [1.82, 2.24) is 5.32 Å². The van der Waals surface area contributed by atoms with Crippen LogP contribution < -0.4 is 10.5 Å². The molecule has 0 saturated carbocycles. The Hall–Kier alpha value is -1.13. The molecule has 2 rings (SSSR count). The summed E-state index contributed by atoms with van der Waals surface area (Å²) < 4.78 is 5.48. The van der Waals surface area contributed by atoms with E-state index >= 15 is 0 Å². The fourth-order valence-electron chi connectivity index (χ4n) is 2.91. The Bertz CT molecular complexity index is 441. The standard InChI is InChI=1S/C16H25NO2Si/c1-4-15(17-16(18)14-11-8-12-19-14)20(2,3)13-9-6-5-7-10-13/h5-7,9-10,14-15H,4,8,11-12H2,1-3H3,(H,17,18). The molecule has 1 aromatic carbocycles. The summed E-state index contributed by atoms with van der Waals surface area (Å²) in [5, 5.41) is 4.63. The van der Waals surface area contributed by atoms with Gasteiger partial charge in [-0.3, -0.25) is 4.79 Å². The summed E-state index contributed by atoms with van der Waals surface area (Å²) in [4.78, 5) is 12.3. The van der Waals surface area contributed by atoms with E-state index in [1.807, 2.05) is 6.07 Å². The number of hydrogen-bond acceptors (Lipinski definition) is 2. The van der Waals surface area contributed by atoms with E-state index < -0.39 is 8.07 Å². The lowest BCUT2D eigenvalue weighted by Crippen LogP contribution is -2.60. The molecule has 4 heteroatoms. The molecule has 1 aromatic rings. The average Bonchev–Trinajstić information content (AvgIpc) is 2.99. The van der Waals surface area contributed by atoms with Crippen LogP contribution >= 0.6 is 0 Å². The molecule has 0 radical (unpaired) electrons. The fourth-order valence-corrected chi connectivity index (χ4v) is 5.89. The molecule has 1 saturated heterocycles. The van der Waals surface area contributed by atoms with Crippen LogP contribution in [0.3, 0.4) is 0 Å². The van der Waals surface area contributed by atoms with Crippen molar-refractivity contribution in [2.75, 3.05) is 6.61 Å². The largest absolute Gasteiger partial charge is 0.368 e. The Morgan fingerprint density at radius 2 is 2.10 bits per heavy atom.